The monoisotopic (exact) mass is 365 g/mol. The number of anilines is 1. The molecule has 0 spiro atoms. The molecule has 6 heteroatoms. The van der Waals surface area contributed by atoms with E-state index in [1.165, 1.54) is 24.1 Å². The molecule has 0 unspecified atom stereocenters. The number of carbonyl (C=O) groups is 1. The van der Waals surface area contributed by atoms with Gasteiger partial charge in [0.15, 0.2) is 0 Å². The number of non-ortho nitro benzene ring substituents is 1. The summed E-state index contributed by atoms with van der Waals surface area (Å²) in [4.78, 5) is 25.9. The van der Waals surface area contributed by atoms with Gasteiger partial charge in [-0.1, -0.05) is 30.3 Å². The molecule has 1 heterocycles. The van der Waals surface area contributed by atoms with Crippen LogP contribution in [0.15, 0.2) is 48.5 Å². The van der Waals surface area contributed by atoms with Crippen LogP contribution >= 0.6 is 0 Å². The van der Waals surface area contributed by atoms with E-state index < -0.39 is 4.92 Å². The van der Waals surface area contributed by atoms with Crippen LogP contribution in [0.3, 0.4) is 0 Å². The Balaban J connectivity index is 1.54. The summed E-state index contributed by atoms with van der Waals surface area (Å²) >= 11 is 0. The molecule has 2 aliphatic rings. The van der Waals surface area contributed by atoms with Crippen molar-refractivity contribution in [2.75, 3.05) is 18.0 Å². The molecule has 140 valence electrons. The Morgan fingerprint density at radius 2 is 1.81 bits per heavy atom. The van der Waals surface area contributed by atoms with Crippen molar-refractivity contribution in [3.63, 3.8) is 0 Å². The molecule has 6 nitrogen and oxygen atoms in total. The van der Waals surface area contributed by atoms with E-state index in [-0.39, 0.29) is 17.6 Å². The second kappa shape index (κ2) is 7.39. The molecule has 2 aromatic rings. The smallest absolute Gasteiger partial charge is 0.270 e. The minimum atomic E-state index is -0.444. The Hall–Kier alpha value is -2.89. The first-order chi connectivity index (χ1) is 13.1. The van der Waals surface area contributed by atoms with E-state index in [9.17, 15) is 14.9 Å². The highest BCUT2D eigenvalue weighted by atomic mass is 16.6. The summed E-state index contributed by atoms with van der Waals surface area (Å²) in [5.74, 6) is 0.106. The minimum Gasteiger partial charge on any atom is -0.371 e. The van der Waals surface area contributed by atoms with Gasteiger partial charge < -0.3 is 10.2 Å². The van der Waals surface area contributed by atoms with E-state index in [4.69, 9.17) is 0 Å². The lowest BCUT2D eigenvalue weighted by Gasteiger charge is -2.30. The number of rotatable bonds is 5. The predicted molar refractivity (Wildman–Crippen MR) is 104 cm³/mol. The highest BCUT2D eigenvalue weighted by Gasteiger charge is 2.40. The van der Waals surface area contributed by atoms with Crippen LogP contribution in [0.1, 0.15) is 47.5 Å². The van der Waals surface area contributed by atoms with E-state index in [0.717, 1.165) is 38.0 Å². The third kappa shape index (κ3) is 3.79. The van der Waals surface area contributed by atoms with E-state index in [1.54, 1.807) is 6.07 Å². The van der Waals surface area contributed by atoms with Crippen molar-refractivity contribution in [3.05, 3.63) is 69.8 Å². The number of carbonyl (C=O) groups excluding carboxylic acids is 1. The van der Waals surface area contributed by atoms with Gasteiger partial charge in [0.1, 0.15) is 0 Å². The van der Waals surface area contributed by atoms with Gasteiger partial charge in [-0.25, -0.2) is 0 Å². The average molecular weight is 365 g/mol. The van der Waals surface area contributed by atoms with Gasteiger partial charge in [-0.3, -0.25) is 14.9 Å². The van der Waals surface area contributed by atoms with E-state index in [0.29, 0.717) is 11.5 Å². The van der Waals surface area contributed by atoms with Gasteiger partial charge in [-0.15, -0.1) is 0 Å². The fourth-order valence-electron chi connectivity index (χ4n) is 3.90. The Labute approximate surface area is 158 Å². The van der Waals surface area contributed by atoms with Gasteiger partial charge in [0.05, 0.1) is 16.2 Å². The van der Waals surface area contributed by atoms with E-state index in [2.05, 4.69) is 22.3 Å². The van der Waals surface area contributed by atoms with Gasteiger partial charge >= 0.3 is 0 Å². The molecule has 2 aromatic carbocycles. The second-order valence-corrected chi connectivity index (χ2v) is 7.34. The van der Waals surface area contributed by atoms with Gasteiger partial charge in [0.25, 0.3) is 11.6 Å². The fraction of sp³-hybridized carbons (Fsp3) is 0.381. The number of nitrogens with zero attached hydrogens (tertiary/aromatic N) is 2. The molecule has 4 rings (SSSR count). The van der Waals surface area contributed by atoms with Crippen LogP contribution in [0, 0.1) is 10.1 Å². The predicted octanol–water partition coefficient (Wildman–Crippen LogP) is 3.87. The number of amides is 1. The summed E-state index contributed by atoms with van der Waals surface area (Å²) in [6.07, 6.45) is 4.25. The molecule has 0 aromatic heterocycles. The lowest BCUT2D eigenvalue weighted by Crippen LogP contribution is -2.33. The Morgan fingerprint density at radius 3 is 2.52 bits per heavy atom. The van der Waals surface area contributed by atoms with Crippen LogP contribution in [0.4, 0.5) is 11.4 Å². The third-order valence-electron chi connectivity index (χ3n) is 5.47. The zero-order valence-electron chi connectivity index (χ0n) is 15.1. The van der Waals surface area contributed by atoms with Crippen molar-refractivity contribution in [2.45, 2.75) is 37.6 Å². The molecule has 1 aliphatic heterocycles. The standard InChI is InChI=1S/C21H23N3O3/c25-21(22-19-14-17(19)15-7-3-1-4-8-15)18-13-16(24(26)27)9-10-20(18)23-11-5-2-6-12-23/h1,3-4,7-10,13,17,19H,2,5-6,11-12,14H2,(H,22,25)/t17-,19-/m0/s1. The van der Waals surface area contributed by atoms with Crippen LogP contribution in [0.5, 0.6) is 0 Å². The Kier molecular flexibility index (Phi) is 4.79. The fourth-order valence-corrected chi connectivity index (χ4v) is 3.90. The molecule has 2 atom stereocenters. The van der Waals surface area contributed by atoms with Crippen molar-refractivity contribution in [1.29, 1.82) is 0 Å². The molecular weight excluding hydrogens is 342 g/mol. The lowest BCUT2D eigenvalue weighted by molar-refractivity contribution is -0.384. The maximum Gasteiger partial charge on any atom is 0.270 e. The quantitative estimate of drug-likeness (QED) is 0.645. The third-order valence-corrected chi connectivity index (χ3v) is 5.47. The summed E-state index contributed by atoms with van der Waals surface area (Å²) in [7, 11) is 0. The maximum atomic E-state index is 12.9. The van der Waals surface area contributed by atoms with Crippen molar-refractivity contribution < 1.29 is 9.72 Å². The van der Waals surface area contributed by atoms with Crippen molar-refractivity contribution >= 4 is 17.3 Å². The number of hydrogen-bond donors (Lipinski definition) is 1. The SMILES string of the molecule is O=C(N[C@H]1C[C@H]1c1ccccc1)c1cc([N+](=O)[O-])ccc1N1CCCCC1. The first-order valence-corrected chi connectivity index (χ1v) is 9.52. The molecular formula is C21H23N3O3. The molecule has 1 saturated heterocycles. The van der Waals surface area contributed by atoms with E-state index >= 15 is 0 Å². The highest BCUT2D eigenvalue weighted by molar-refractivity contribution is 6.01. The first kappa shape index (κ1) is 17.5. The van der Waals surface area contributed by atoms with Gasteiger partial charge in [0.2, 0.25) is 0 Å². The number of nitrogens with one attached hydrogen (secondary N) is 1. The zero-order valence-corrected chi connectivity index (χ0v) is 15.1. The Morgan fingerprint density at radius 1 is 1.07 bits per heavy atom. The van der Waals surface area contributed by atoms with Gasteiger partial charge in [0, 0.05) is 37.2 Å². The molecule has 1 saturated carbocycles. The largest absolute Gasteiger partial charge is 0.371 e. The molecule has 2 fully saturated rings. The van der Waals surface area contributed by atoms with Crippen molar-refractivity contribution in [1.82, 2.24) is 5.32 Å². The summed E-state index contributed by atoms with van der Waals surface area (Å²) in [5, 5.41) is 14.3. The summed E-state index contributed by atoms with van der Waals surface area (Å²) in [6.45, 7) is 1.77. The molecule has 1 N–H and O–H groups in total. The zero-order chi connectivity index (χ0) is 18.8. The summed E-state index contributed by atoms with van der Waals surface area (Å²) in [6, 6.07) is 14.8. The first-order valence-electron chi connectivity index (χ1n) is 9.52. The van der Waals surface area contributed by atoms with Gasteiger partial charge in [-0.2, -0.15) is 0 Å². The van der Waals surface area contributed by atoms with Crippen molar-refractivity contribution in [2.24, 2.45) is 0 Å². The molecule has 27 heavy (non-hydrogen) atoms. The molecule has 1 amide bonds. The normalized spacial score (nSPS) is 21.6. The molecule has 0 bridgehead atoms. The van der Waals surface area contributed by atoms with Crippen LogP contribution < -0.4 is 10.2 Å². The Bertz CT molecular complexity index is 847. The number of hydrogen-bond acceptors (Lipinski definition) is 4. The second-order valence-electron chi connectivity index (χ2n) is 7.34. The summed E-state index contributed by atoms with van der Waals surface area (Å²) < 4.78 is 0. The topological polar surface area (TPSA) is 75.5 Å². The number of nitro benzene ring substituents is 1. The maximum absolute atomic E-state index is 12.9. The highest BCUT2D eigenvalue weighted by Crippen LogP contribution is 2.41. The molecule has 0 radical (unpaired) electrons. The average Bonchev–Trinajstić information content (AvgIpc) is 3.48. The van der Waals surface area contributed by atoms with Crippen molar-refractivity contribution in [3.8, 4) is 0 Å². The lowest BCUT2D eigenvalue weighted by atomic mass is 10.1. The minimum absolute atomic E-state index is 0.0451. The number of piperidine rings is 1. The van der Waals surface area contributed by atoms with E-state index in [1.807, 2.05) is 18.2 Å². The van der Waals surface area contributed by atoms with Crippen LogP contribution in [0.2, 0.25) is 0 Å². The van der Waals surface area contributed by atoms with Gasteiger partial charge in [-0.05, 0) is 37.3 Å². The van der Waals surface area contributed by atoms with Crippen LogP contribution in [-0.2, 0) is 0 Å². The molecule has 1 aliphatic carbocycles. The summed E-state index contributed by atoms with van der Waals surface area (Å²) in [5.41, 5.74) is 2.38. The number of benzene rings is 2. The van der Waals surface area contributed by atoms with Crippen LogP contribution in [-0.4, -0.2) is 30.0 Å². The van der Waals surface area contributed by atoms with Crippen LogP contribution in [0.25, 0.3) is 0 Å². The number of nitro groups is 1.